The van der Waals surface area contributed by atoms with E-state index >= 15 is 0 Å². The first-order chi connectivity index (χ1) is 12.1. The van der Waals surface area contributed by atoms with Gasteiger partial charge in [0.25, 0.3) is 5.91 Å². The minimum atomic E-state index is -0.556. The summed E-state index contributed by atoms with van der Waals surface area (Å²) >= 11 is 0. The quantitative estimate of drug-likeness (QED) is 0.787. The second-order valence-corrected chi connectivity index (χ2v) is 5.88. The third kappa shape index (κ3) is 3.56. The van der Waals surface area contributed by atoms with Crippen LogP contribution in [0.4, 0.5) is 0 Å². The summed E-state index contributed by atoms with van der Waals surface area (Å²) in [5.74, 6) is -0.679. The van der Waals surface area contributed by atoms with E-state index in [2.05, 4.69) is 16.9 Å². The van der Waals surface area contributed by atoms with E-state index in [1.807, 2.05) is 35.2 Å². The van der Waals surface area contributed by atoms with Gasteiger partial charge in [-0.1, -0.05) is 25.1 Å². The molecule has 7 heteroatoms. The van der Waals surface area contributed by atoms with Crippen molar-refractivity contribution in [2.75, 3.05) is 39.8 Å². The molecule has 1 saturated heterocycles. The number of esters is 1. The van der Waals surface area contributed by atoms with Crippen LogP contribution in [0.15, 0.2) is 36.4 Å². The molecule has 0 bridgehead atoms. The first-order valence-electron chi connectivity index (χ1n) is 8.39. The predicted octanol–water partition coefficient (Wildman–Crippen LogP) is 1.44. The topological polar surface area (TPSA) is 67.7 Å². The molecule has 25 heavy (non-hydrogen) atoms. The monoisotopic (exact) mass is 342 g/mol. The van der Waals surface area contributed by atoms with E-state index < -0.39 is 5.97 Å². The molecule has 1 fully saturated rings. The van der Waals surface area contributed by atoms with Crippen LogP contribution in [0.1, 0.15) is 27.9 Å². The molecule has 1 aliphatic rings. The van der Waals surface area contributed by atoms with Crippen molar-refractivity contribution in [2.45, 2.75) is 6.92 Å². The van der Waals surface area contributed by atoms with Crippen molar-refractivity contribution in [2.24, 2.45) is 0 Å². The minimum absolute atomic E-state index is 0.123. The van der Waals surface area contributed by atoms with Crippen LogP contribution < -0.4 is 0 Å². The Kier molecular flexibility index (Phi) is 5.14. The number of para-hydroxylation sites is 1. The zero-order valence-corrected chi connectivity index (χ0v) is 14.5. The molecule has 1 aromatic heterocycles. The number of benzene rings is 1. The zero-order chi connectivity index (χ0) is 17.8. The smallest absolute Gasteiger partial charge is 0.358 e. The minimum Gasteiger partial charge on any atom is -0.464 e. The molecule has 3 rings (SSSR count). The Hall–Kier alpha value is -2.67. The lowest BCUT2D eigenvalue weighted by Crippen LogP contribution is -2.48. The van der Waals surface area contributed by atoms with E-state index in [9.17, 15) is 9.59 Å². The number of nitrogens with zero attached hydrogens (tertiary/aromatic N) is 4. The summed E-state index contributed by atoms with van der Waals surface area (Å²) in [6.07, 6.45) is 0. The highest BCUT2D eigenvalue weighted by Gasteiger charge is 2.27. The van der Waals surface area contributed by atoms with Gasteiger partial charge >= 0.3 is 5.97 Å². The largest absolute Gasteiger partial charge is 0.464 e. The molecule has 0 N–H and O–H groups in total. The SMILES string of the molecule is CCN1CCN(C(=O)c2cc(C(=O)OC)nn2-c2ccccc2)CC1. The average molecular weight is 342 g/mol. The van der Waals surface area contributed by atoms with Gasteiger partial charge in [0.1, 0.15) is 5.69 Å². The van der Waals surface area contributed by atoms with Crippen molar-refractivity contribution < 1.29 is 14.3 Å². The lowest BCUT2D eigenvalue weighted by atomic mass is 10.2. The van der Waals surface area contributed by atoms with Gasteiger partial charge in [0.2, 0.25) is 0 Å². The van der Waals surface area contributed by atoms with E-state index in [0.29, 0.717) is 18.8 Å². The number of amides is 1. The van der Waals surface area contributed by atoms with E-state index in [4.69, 9.17) is 4.74 Å². The highest BCUT2D eigenvalue weighted by molar-refractivity contribution is 5.96. The number of methoxy groups -OCH3 is 1. The Morgan fingerprint density at radius 3 is 2.40 bits per heavy atom. The molecule has 1 amide bonds. The van der Waals surface area contributed by atoms with E-state index in [-0.39, 0.29) is 11.6 Å². The van der Waals surface area contributed by atoms with Crippen LogP contribution in [-0.4, -0.2) is 71.3 Å². The molecule has 7 nitrogen and oxygen atoms in total. The second-order valence-electron chi connectivity index (χ2n) is 5.88. The van der Waals surface area contributed by atoms with Gasteiger partial charge in [-0.3, -0.25) is 4.79 Å². The summed E-state index contributed by atoms with van der Waals surface area (Å²) in [4.78, 5) is 29.0. The maximum absolute atomic E-state index is 13.0. The van der Waals surface area contributed by atoms with Crippen LogP contribution in [0.5, 0.6) is 0 Å². The van der Waals surface area contributed by atoms with Crippen LogP contribution in [0, 0.1) is 0 Å². The fourth-order valence-corrected chi connectivity index (χ4v) is 2.93. The van der Waals surface area contributed by atoms with Crippen LogP contribution in [0.25, 0.3) is 5.69 Å². The summed E-state index contributed by atoms with van der Waals surface area (Å²) in [7, 11) is 1.30. The van der Waals surface area contributed by atoms with Gasteiger partial charge in [-0.25, -0.2) is 9.48 Å². The van der Waals surface area contributed by atoms with Gasteiger partial charge in [-0.2, -0.15) is 5.10 Å². The molecule has 2 heterocycles. The van der Waals surface area contributed by atoms with Gasteiger partial charge in [0.05, 0.1) is 12.8 Å². The molecule has 0 radical (unpaired) electrons. The molecule has 0 unspecified atom stereocenters. The van der Waals surface area contributed by atoms with Gasteiger partial charge in [-0.15, -0.1) is 0 Å². The van der Waals surface area contributed by atoms with Crippen LogP contribution in [-0.2, 0) is 4.74 Å². The highest BCUT2D eigenvalue weighted by atomic mass is 16.5. The van der Waals surface area contributed by atoms with Gasteiger partial charge in [0.15, 0.2) is 5.69 Å². The fraction of sp³-hybridized carbons (Fsp3) is 0.389. The number of carbonyl (C=O) groups excluding carboxylic acids is 2. The summed E-state index contributed by atoms with van der Waals surface area (Å²) in [6, 6.07) is 10.8. The third-order valence-electron chi connectivity index (χ3n) is 4.43. The van der Waals surface area contributed by atoms with Crippen molar-refractivity contribution in [3.8, 4) is 5.69 Å². The number of piperazine rings is 1. The van der Waals surface area contributed by atoms with E-state index in [0.717, 1.165) is 25.3 Å². The molecular weight excluding hydrogens is 320 g/mol. The molecule has 132 valence electrons. The summed E-state index contributed by atoms with van der Waals surface area (Å²) in [6.45, 7) is 6.14. The maximum atomic E-state index is 13.0. The number of carbonyl (C=O) groups is 2. The average Bonchev–Trinajstić information content (AvgIpc) is 3.13. The van der Waals surface area contributed by atoms with Crippen molar-refractivity contribution in [1.82, 2.24) is 19.6 Å². The first-order valence-corrected chi connectivity index (χ1v) is 8.39. The van der Waals surface area contributed by atoms with E-state index in [1.54, 1.807) is 0 Å². The molecule has 0 aliphatic carbocycles. The third-order valence-corrected chi connectivity index (χ3v) is 4.43. The summed E-state index contributed by atoms with van der Waals surface area (Å²) in [5, 5.41) is 4.28. The Labute approximate surface area is 146 Å². The van der Waals surface area contributed by atoms with Crippen LogP contribution >= 0.6 is 0 Å². The van der Waals surface area contributed by atoms with Gasteiger partial charge < -0.3 is 14.5 Å². The van der Waals surface area contributed by atoms with Crippen molar-refractivity contribution in [3.63, 3.8) is 0 Å². The van der Waals surface area contributed by atoms with Crippen molar-refractivity contribution in [1.29, 1.82) is 0 Å². The van der Waals surface area contributed by atoms with Crippen LogP contribution in [0.2, 0.25) is 0 Å². The number of ether oxygens (including phenoxy) is 1. The zero-order valence-electron chi connectivity index (χ0n) is 14.5. The lowest BCUT2D eigenvalue weighted by molar-refractivity contribution is 0.0592. The Morgan fingerprint density at radius 2 is 1.80 bits per heavy atom. The maximum Gasteiger partial charge on any atom is 0.358 e. The second kappa shape index (κ2) is 7.48. The lowest BCUT2D eigenvalue weighted by Gasteiger charge is -2.34. The Morgan fingerprint density at radius 1 is 1.12 bits per heavy atom. The molecule has 0 atom stereocenters. The fourth-order valence-electron chi connectivity index (χ4n) is 2.93. The molecule has 1 aromatic carbocycles. The van der Waals surface area contributed by atoms with E-state index in [1.165, 1.54) is 17.9 Å². The van der Waals surface area contributed by atoms with Crippen molar-refractivity contribution in [3.05, 3.63) is 47.8 Å². The summed E-state index contributed by atoms with van der Waals surface area (Å²) < 4.78 is 6.26. The van der Waals surface area contributed by atoms with Crippen molar-refractivity contribution >= 4 is 11.9 Å². The Balaban J connectivity index is 1.92. The Bertz CT molecular complexity index is 749. The predicted molar refractivity (Wildman–Crippen MR) is 92.9 cm³/mol. The molecule has 0 saturated carbocycles. The first kappa shape index (κ1) is 17.2. The molecule has 0 spiro atoms. The van der Waals surface area contributed by atoms with Crippen LogP contribution in [0.3, 0.4) is 0 Å². The number of aromatic nitrogens is 2. The van der Waals surface area contributed by atoms with Gasteiger partial charge in [0, 0.05) is 32.2 Å². The number of rotatable bonds is 4. The normalized spacial score (nSPS) is 15.2. The number of hydrogen-bond acceptors (Lipinski definition) is 5. The van der Waals surface area contributed by atoms with Gasteiger partial charge in [-0.05, 0) is 18.7 Å². The highest BCUT2D eigenvalue weighted by Crippen LogP contribution is 2.16. The molecule has 2 aromatic rings. The summed E-state index contributed by atoms with van der Waals surface area (Å²) in [5.41, 5.74) is 1.23. The number of likely N-dealkylation sites (N-methyl/N-ethyl adjacent to an activating group) is 1. The standard InChI is InChI=1S/C18H22N4O3/c1-3-20-9-11-21(12-10-20)17(23)16-13-15(18(24)25-2)19-22(16)14-7-5-4-6-8-14/h4-8,13H,3,9-12H2,1-2H3. The molecule has 1 aliphatic heterocycles. The number of hydrogen-bond donors (Lipinski definition) is 0. The molecular formula is C18H22N4O3.